The van der Waals surface area contributed by atoms with Gasteiger partial charge in [0, 0.05) is 10.6 Å². The normalized spacial score (nSPS) is 17.7. The Bertz CT molecular complexity index is 1270. The summed E-state index contributed by atoms with van der Waals surface area (Å²) in [5.74, 6) is 0.538. The third kappa shape index (κ3) is 5.74. The van der Waals surface area contributed by atoms with E-state index in [4.69, 9.17) is 0 Å². The van der Waals surface area contributed by atoms with E-state index in [0.29, 0.717) is 10.8 Å². The molecular formula is C27H31NO3S2. The second-order valence-electron chi connectivity index (χ2n) is 8.90. The Morgan fingerprint density at radius 2 is 1.33 bits per heavy atom. The molecule has 1 fully saturated rings. The maximum Gasteiger partial charge on any atom is 0.290 e. The fourth-order valence-corrected chi connectivity index (χ4v) is 9.11. The molecular weight excluding hydrogens is 450 g/mol. The van der Waals surface area contributed by atoms with Gasteiger partial charge in [-0.2, -0.15) is 8.42 Å². The van der Waals surface area contributed by atoms with Crippen molar-refractivity contribution in [3.63, 3.8) is 0 Å². The quantitative estimate of drug-likeness (QED) is 0.383. The van der Waals surface area contributed by atoms with E-state index >= 15 is 0 Å². The number of rotatable bonds is 7. The van der Waals surface area contributed by atoms with Crippen LogP contribution in [0.4, 0.5) is 0 Å². The van der Waals surface area contributed by atoms with Gasteiger partial charge in [-0.3, -0.25) is 0 Å². The Kier molecular flexibility index (Phi) is 7.35. The summed E-state index contributed by atoms with van der Waals surface area (Å²) in [7, 11) is -7.34. The maximum absolute atomic E-state index is 14.5. The highest BCUT2D eigenvalue weighted by Crippen LogP contribution is 2.38. The molecule has 0 heterocycles. The van der Waals surface area contributed by atoms with Crippen molar-refractivity contribution >= 4 is 19.8 Å². The Hall–Kier alpha value is -2.44. The summed E-state index contributed by atoms with van der Waals surface area (Å²) < 4.78 is 45.3. The number of hydrogen-bond acceptors (Lipinski definition) is 3. The molecule has 1 aliphatic rings. The van der Waals surface area contributed by atoms with Crippen molar-refractivity contribution in [2.24, 2.45) is 9.69 Å². The minimum Gasteiger partial charge on any atom is -0.244 e. The molecule has 0 amide bonds. The predicted octanol–water partition coefficient (Wildman–Crippen LogP) is 6.57. The number of sulfonamides is 1. The molecule has 2 atom stereocenters. The van der Waals surface area contributed by atoms with Gasteiger partial charge in [0.05, 0.1) is 14.6 Å². The van der Waals surface area contributed by atoms with Gasteiger partial charge in [-0.25, -0.2) is 4.21 Å². The highest BCUT2D eigenvalue weighted by atomic mass is 32.3. The lowest BCUT2D eigenvalue weighted by Crippen LogP contribution is -2.25. The van der Waals surface area contributed by atoms with Gasteiger partial charge in [-0.05, 0) is 61.4 Å². The van der Waals surface area contributed by atoms with E-state index in [-0.39, 0.29) is 16.6 Å². The molecule has 2 unspecified atom stereocenters. The molecule has 0 aromatic heterocycles. The summed E-state index contributed by atoms with van der Waals surface area (Å²) in [5.41, 5.74) is 2.06. The smallest absolute Gasteiger partial charge is 0.244 e. The first kappa shape index (κ1) is 23.7. The van der Waals surface area contributed by atoms with Crippen LogP contribution >= 0.6 is 0 Å². The third-order valence-electron chi connectivity index (χ3n) is 6.50. The summed E-state index contributed by atoms with van der Waals surface area (Å²) in [6.45, 7) is 1.90. The summed E-state index contributed by atoms with van der Waals surface area (Å²) in [5, 5.41) is 0. The minimum atomic E-state index is -4.09. The standard InChI is InChI=1S/C27H31NO3S2/c1-22-17-19-26(20-18-22)33(30,31)28-32(29,25-15-9-4-10-16-25)21-27(23-11-5-2-6-12-23)24-13-7-3-8-14-24/h2,4-6,9-12,15-20,24,27H,3,7-8,13-14,21H2,1H3. The van der Waals surface area contributed by atoms with E-state index < -0.39 is 19.8 Å². The number of benzene rings is 3. The van der Waals surface area contributed by atoms with Crippen LogP contribution in [0, 0.1) is 12.8 Å². The maximum atomic E-state index is 14.5. The Morgan fingerprint density at radius 3 is 1.94 bits per heavy atom. The number of nitrogens with zero attached hydrogens (tertiary/aromatic N) is 1. The van der Waals surface area contributed by atoms with E-state index in [1.807, 2.05) is 31.2 Å². The first-order valence-electron chi connectivity index (χ1n) is 11.6. The van der Waals surface area contributed by atoms with Crippen molar-refractivity contribution in [1.29, 1.82) is 0 Å². The molecule has 0 spiro atoms. The molecule has 3 aromatic rings. The van der Waals surface area contributed by atoms with Gasteiger partial charge < -0.3 is 0 Å². The number of hydrogen-bond donors (Lipinski definition) is 0. The van der Waals surface area contributed by atoms with Crippen LogP contribution in [-0.4, -0.2) is 18.4 Å². The van der Waals surface area contributed by atoms with Crippen LogP contribution in [0.15, 0.2) is 98.5 Å². The van der Waals surface area contributed by atoms with Crippen LogP contribution < -0.4 is 0 Å². The molecule has 0 N–H and O–H groups in total. The molecule has 0 radical (unpaired) electrons. The highest BCUT2D eigenvalue weighted by molar-refractivity contribution is 8.03. The first-order valence-corrected chi connectivity index (χ1v) is 14.7. The van der Waals surface area contributed by atoms with Crippen molar-refractivity contribution in [2.45, 2.75) is 54.7 Å². The van der Waals surface area contributed by atoms with Crippen molar-refractivity contribution in [2.75, 3.05) is 5.75 Å². The fourth-order valence-electron chi connectivity index (χ4n) is 4.70. The van der Waals surface area contributed by atoms with Gasteiger partial charge in [0.15, 0.2) is 0 Å². The van der Waals surface area contributed by atoms with Crippen LogP contribution in [0.25, 0.3) is 0 Å². The monoisotopic (exact) mass is 481 g/mol. The Morgan fingerprint density at radius 1 is 0.758 bits per heavy atom. The summed E-state index contributed by atoms with van der Waals surface area (Å²) >= 11 is 0. The van der Waals surface area contributed by atoms with Crippen molar-refractivity contribution < 1.29 is 12.6 Å². The number of aryl methyl sites for hydroxylation is 1. The molecule has 4 nitrogen and oxygen atoms in total. The van der Waals surface area contributed by atoms with Crippen LogP contribution in [0.2, 0.25) is 0 Å². The van der Waals surface area contributed by atoms with Gasteiger partial charge >= 0.3 is 0 Å². The van der Waals surface area contributed by atoms with Crippen LogP contribution in [-0.2, 0) is 19.8 Å². The zero-order valence-corrected chi connectivity index (χ0v) is 20.6. The molecule has 4 rings (SSSR count). The second kappa shape index (κ2) is 10.2. The summed E-state index contributed by atoms with van der Waals surface area (Å²) in [4.78, 5) is 0.545. The average molecular weight is 482 g/mol. The van der Waals surface area contributed by atoms with Gasteiger partial charge in [0.2, 0.25) is 0 Å². The van der Waals surface area contributed by atoms with Gasteiger partial charge in [-0.15, -0.1) is 3.77 Å². The van der Waals surface area contributed by atoms with E-state index in [2.05, 4.69) is 15.9 Å². The van der Waals surface area contributed by atoms with Crippen molar-refractivity contribution in [1.82, 2.24) is 0 Å². The fraction of sp³-hybridized carbons (Fsp3) is 0.333. The van der Waals surface area contributed by atoms with Crippen molar-refractivity contribution in [3.8, 4) is 0 Å². The molecule has 0 bridgehead atoms. The van der Waals surface area contributed by atoms with Crippen LogP contribution in [0.3, 0.4) is 0 Å². The lowest BCUT2D eigenvalue weighted by molar-refractivity contribution is 0.317. The molecule has 0 saturated heterocycles. The van der Waals surface area contributed by atoms with E-state index in [1.165, 1.54) is 18.6 Å². The van der Waals surface area contributed by atoms with Gasteiger partial charge in [-0.1, -0.05) is 85.5 Å². The zero-order chi connectivity index (χ0) is 23.3. The molecule has 1 aliphatic carbocycles. The van der Waals surface area contributed by atoms with Gasteiger partial charge in [0.25, 0.3) is 10.0 Å². The van der Waals surface area contributed by atoms with Crippen molar-refractivity contribution in [3.05, 3.63) is 96.1 Å². The summed E-state index contributed by atoms with van der Waals surface area (Å²) in [6.07, 6.45) is 5.65. The third-order valence-corrected chi connectivity index (χ3v) is 10.9. The lowest BCUT2D eigenvalue weighted by Gasteiger charge is -2.31. The van der Waals surface area contributed by atoms with E-state index in [0.717, 1.165) is 36.8 Å². The van der Waals surface area contributed by atoms with Crippen LogP contribution in [0.1, 0.15) is 49.1 Å². The molecule has 3 aromatic carbocycles. The molecule has 174 valence electrons. The topological polar surface area (TPSA) is 63.6 Å². The van der Waals surface area contributed by atoms with E-state index in [9.17, 15) is 12.6 Å². The highest BCUT2D eigenvalue weighted by Gasteiger charge is 2.31. The minimum absolute atomic E-state index is 0.0174. The predicted molar refractivity (Wildman–Crippen MR) is 134 cm³/mol. The molecule has 6 heteroatoms. The first-order chi connectivity index (χ1) is 15.9. The molecule has 33 heavy (non-hydrogen) atoms. The lowest BCUT2D eigenvalue weighted by atomic mass is 9.78. The van der Waals surface area contributed by atoms with Gasteiger partial charge in [0.1, 0.15) is 0 Å². The zero-order valence-electron chi connectivity index (χ0n) is 19.0. The summed E-state index contributed by atoms with van der Waals surface area (Å²) in [6, 6.07) is 25.5. The largest absolute Gasteiger partial charge is 0.290 e. The Balaban J connectivity index is 1.83. The average Bonchev–Trinajstić information content (AvgIpc) is 2.84. The molecule has 0 aliphatic heterocycles. The van der Waals surface area contributed by atoms with E-state index in [1.54, 1.807) is 36.4 Å². The Labute approximate surface area is 198 Å². The second-order valence-corrected chi connectivity index (χ2v) is 13.0. The van der Waals surface area contributed by atoms with Crippen LogP contribution in [0.5, 0.6) is 0 Å². The SMILES string of the molecule is Cc1ccc(S(=O)(=O)N=S(=O)(CC(c2ccccc2)C2CCCCC2)c2ccccc2)cc1. The molecule has 1 saturated carbocycles.